The molecular weight excluding hydrogens is 325 g/mol. The second-order valence-electron chi connectivity index (χ2n) is 5.13. The van der Waals surface area contributed by atoms with Gasteiger partial charge >= 0.3 is 0 Å². The maximum atomic E-state index is 12.1. The van der Waals surface area contributed by atoms with Gasteiger partial charge in [-0.3, -0.25) is 14.5 Å². The lowest BCUT2D eigenvalue weighted by Gasteiger charge is -2.26. The normalized spacial score (nSPS) is 15.3. The molecule has 0 aliphatic carbocycles. The van der Waals surface area contributed by atoms with E-state index in [9.17, 15) is 9.59 Å². The van der Waals surface area contributed by atoms with E-state index in [0.29, 0.717) is 28.7 Å². The zero-order valence-electron chi connectivity index (χ0n) is 11.9. The molecule has 1 aliphatic rings. The fraction of sp³-hybridized carbons (Fsp3) is 0.333. The van der Waals surface area contributed by atoms with Gasteiger partial charge in [0.2, 0.25) is 5.91 Å². The molecule has 0 saturated heterocycles. The molecule has 22 heavy (non-hydrogen) atoms. The van der Waals surface area contributed by atoms with Gasteiger partial charge in [-0.1, -0.05) is 29.3 Å². The molecule has 0 unspecified atom stereocenters. The summed E-state index contributed by atoms with van der Waals surface area (Å²) in [5, 5.41) is 3.63. The molecule has 0 fully saturated rings. The van der Waals surface area contributed by atoms with Crippen LogP contribution in [0.3, 0.4) is 0 Å². The molecule has 0 aromatic heterocycles. The number of hydrogen-bond donors (Lipinski definition) is 2. The van der Waals surface area contributed by atoms with E-state index in [1.54, 1.807) is 12.1 Å². The van der Waals surface area contributed by atoms with E-state index in [4.69, 9.17) is 28.9 Å². The van der Waals surface area contributed by atoms with Crippen molar-refractivity contribution in [1.82, 2.24) is 10.2 Å². The van der Waals surface area contributed by atoms with Crippen LogP contribution in [0, 0.1) is 0 Å². The minimum absolute atomic E-state index is 0.230. The minimum Gasteiger partial charge on any atom is -0.369 e. The first-order chi connectivity index (χ1) is 10.5. The molecule has 1 heterocycles. The largest absolute Gasteiger partial charge is 0.369 e. The van der Waals surface area contributed by atoms with Crippen molar-refractivity contribution in [3.05, 3.63) is 45.5 Å². The number of nitrogens with zero attached hydrogens (tertiary/aromatic N) is 1. The van der Waals surface area contributed by atoms with Crippen molar-refractivity contribution < 1.29 is 9.59 Å². The third kappa shape index (κ3) is 4.73. The average Bonchev–Trinajstić information content (AvgIpc) is 2.44. The van der Waals surface area contributed by atoms with Crippen LogP contribution in [0.2, 0.25) is 10.0 Å². The van der Waals surface area contributed by atoms with E-state index in [1.165, 1.54) is 6.07 Å². The van der Waals surface area contributed by atoms with E-state index in [0.717, 1.165) is 18.5 Å². The molecule has 2 rings (SSSR count). The zero-order chi connectivity index (χ0) is 16.1. The highest BCUT2D eigenvalue weighted by Crippen LogP contribution is 2.20. The number of halogens is 2. The second kappa shape index (κ2) is 7.63. The van der Waals surface area contributed by atoms with Gasteiger partial charge in [-0.25, -0.2) is 0 Å². The summed E-state index contributed by atoms with van der Waals surface area (Å²) in [6.07, 6.45) is 2.90. The summed E-state index contributed by atoms with van der Waals surface area (Å²) < 4.78 is 0. The number of nitrogens with one attached hydrogen (secondary N) is 1. The molecule has 0 atom stereocenters. The summed E-state index contributed by atoms with van der Waals surface area (Å²) >= 11 is 11.8. The maximum Gasteiger partial charge on any atom is 0.253 e. The Labute approximate surface area is 139 Å². The topological polar surface area (TPSA) is 75.4 Å². The van der Waals surface area contributed by atoms with Gasteiger partial charge in [0.15, 0.2) is 0 Å². The summed E-state index contributed by atoms with van der Waals surface area (Å²) in [6, 6.07) is 4.75. The molecule has 118 valence electrons. The fourth-order valence-electron chi connectivity index (χ4n) is 2.33. The zero-order valence-corrected chi connectivity index (χ0v) is 13.5. The number of carbonyl (C=O) groups excluding carboxylic acids is 2. The predicted molar refractivity (Wildman–Crippen MR) is 87.1 cm³/mol. The van der Waals surface area contributed by atoms with Gasteiger partial charge in [-0.2, -0.15) is 0 Å². The molecule has 2 amide bonds. The molecule has 0 radical (unpaired) electrons. The monoisotopic (exact) mass is 341 g/mol. The number of primary amides is 1. The number of carbonyl (C=O) groups is 2. The number of benzene rings is 1. The van der Waals surface area contributed by atoms with Crippen LogP contribution in [0.4, 0.5) is 0 Å². The highest BCUT2D eigenvalue weighted by molar-refractivity contribution is 6.36. The minimum atomic E-state index is -0.349. The van der Waals surface area contributed by atoms with Crippen molar-refractivity contribution in [2.45, 2.75) is 6.42 Å². The Kier molecular flexibility index (Phi) is 5.83. The summed E-state index contributed by atoms with van der Waals surface area (Å²) in [5.41, 5.74) is 6.63. The SMILES string of the molecule is NC(=O)CN1CCC=C(CNC(=O)c2ccc(Cl)cc2Cl)C1. The molecule has 0 spiro atoms. The first-order valence-corrected chi connectivity index (χ1v) is 7.63. The quantitative estimate of drug-likeness (QED) is 0.802. The van der Waals surface area contributed by atoms with Crippen molar-refractivity contribution in [2.24, 2.45) is 5.73 Å². The van der Waals surface area contributed by atoms with Crippen molar-refractivity contribution in [2.75, 3.05) is 26.2 Å². The van der Waals surface area contributed by atoms with E-state index >= 15 is 0 Å². The smallest absolute Gasteiger partial charge is 0.253 e. The Hall–Kier alpha value is -1.56. The maximum absolute atomic E-state index is 12.1. The second-order valence-corrected chi connectivity index (χ2v) is 5.98. The molecule has 0 bridgehead atoms. The fourth-order valence-corrected chi connectivity index (χ4v) is 2.82. The molecular formula is C15H17Cl2N3O2. The van der Waals surface area contributed by atoms with Crippen LogP contribution in [0.25, 0.3) is 0 Å². The van der Waals surface area contributed by atoms with Crippen LogP contribution in [-0.2, 0) is 4.79 Å². The van der Waals surface area contributed by atoms with Gasteiger partial charge in [0, 0.05) is 24.7 Å². The van der Waals surface area contributed by atoms with Crippen molar-refractivity contribution in [3.8, 4) is 0 Å². The number of nitrogens with two attached hydrogens (primary N) is 1. The van der Waals surface area contributed by atoms with Crippen LogP contribution >= 0.6 is 23.2 Å². The third-order valence-corrected chi connectivity index (χ3v) is 3.88. The lowest BCUT2D eigenvalue weighted by Crippen LogP contribution is -2.39. The number of rotatable bonds is 5. The first-order valence-electron chi connectivity index (χ1n) is 6.87. The highest BCUT2D eigenvalue weighted by atomic mass is 35.5. The van der Waals surface area contributed by atoms with Gasteiger partial charge in [0.25, 0.3) is 5.91 Å². The van der Waals surface area contributed by atoms with Crippen LogP contribution in [-0.4, -0.2) is 42.9 Å². The van der Waals surface area contributed by atoms with E-state index in [-0.39, 0.29) is 18.4 Å². The van der Waals surface area contributed by atoms with Crippen LogP contribution in [0.1, 0.15) is 16.8 Å². The van der Waals surface area contributed by atoms with Gasteiger partial charge in [0.05, 0.1) is 17.1 Å². The van der Waals surface area contributed by atoms with Crippen LogP contribution in [0.15, 0.2) is 29.8 Å². The summed E-state index contributed by atoms with van der Waals surface area (Å²) in [4.78, 5) is 25.0. The lowest BCUT2D eigenvalue weighted by molar-refractivity contribution is -0.119. The van der Waals surface area contributed by atoms with Crippen molar-refractivity contribution >= 4 is 35.0 Å². The molecule has 1 aromatic rings. The van der Waals surface area contributed by atoms with Crippen LogP contribution < -0.4 is 11.1 Å². The van der Waals surface area contributed by atoms with Gasteiger partial charge in [-0.15, -0.1) is 0 Å². The summed E-state index contributed by atoms with van der Waals surface area (Å²) in [5.74, 6) is -0.604. The van der Waals surface area contributed by atoms with Gasteiger partial charge in [-0.05, 0) is 30.2 Å². The predicted octanol–water partition coefficient (Wildman–Crippen LogP) is 1.84. The van der Waals surface area contributed by atoms with Crippen LogP contribution in [0.5, 0.6) is 0 Å². The summed E-state index contributed by atoms with van der Waals surface area (Å²) in [6.45, 7) is 2.06. The lowest BCUT2D eigenvalue weighted by atomic mass is 10.1. The van der Waals surface area contributed by atoms with Crippen molar-refractivity contribution in [3.63, 3.8) is 0 Å². The van der Waals surface area contributed by atoms with Crippen molar-refractivity contribution in [1.29, 1.82) is 0 Å². The Morgan fingerprint density at radius 1 is 1.32 bits per heavy atom. The van der Waals surface area contributed by atoms with Gasteiger partial charge < -0.3 is 11.1 Å². The molecule has 1 aromatic carbocycles. The Morgan fingerprint density at radius 2 is 2.09 bits per heavy atom. The van der Waals surface area contributed by atoms with E-state index in [1.807, 2.05) is 4.90 Å². The number of amides is 2. The standard InChI is InChI=1S/C15H17Cl2N3O2/c16-11-3-4-12(13(17)6-11)15(22)19-7-10-2-1-5-20(8-10)9-14(18)21/h2-4,6H,1,5,7-9H2,(H2,18,21)(H,19,22). The Bertz CT molecular complexity index is 617. The Balaban J connectivity index is 1.91. The van der Waals surface area contributed by atoms with Gasteiger partial charge in [0.1, 0.15) is 0 Å². The summed E-state index contributed by atoms with van der Waals surface area (Å²) in [7, 11) is 0. The molecule has 5 nitrogen and oxygen atoms in total. The first kappa shape index (κ1) is 16.8. The average molecular weight is 342 g/mol. The van der Waals surface area contributed by atoms with E-state index in [2.05, 4.69) is 11.4 Å². The van der Waals surface area contributed by atoms with E-state index < -0.39 is 0 Å². The number of hydrogen-bond acceptors (Lipinski definition) is 3. The highest BCUT2D eigenvalue weighted by Gasteiger charge is 2.16. The molecule has 0 saturated carbocycles. The molecule has 7 heteroatoms. The molecule has 1 aliphatic heterocycles. The Morgan fingerprint density at radius 3 is 2.77 bits per heavy atom. The molecule has 3 N–H and O–H groups in total. The third-order valence-electron chi connectivity index (χ3n) is 3.34.